The number of benzene rings is 3. The summed E-state index contributed by atoms with van der Waals surface area (Å²) in [7, 11) is -1.13. The minimum Gasteiger partial charge on any atom is -0.492 e. The molecule has 0 spiro atoms. The predicted molar refractivity (Wildman–Crippen MR) is 115 cm³/mol. The Morgan fingerprint density at radius 1 is 1.07 bits per heavy atom. The Bertz CT molecular complexity index is 1060. The summed E-state index contributed by atoms with van der Waals surface area (Å²) in [6.45, 7) is 1.01. The molecule has 3 aromatic carbocycles. The number of hydrogen-bond acceptors (Lipinski definition) is 4. The standard InChI is InChI=1S/C21H19N3O3S2/c22-29(23)20-10-9-14(13-15(20)21(25)26)27-12-11-24-16-5-1-3-7-18(16)28-19-8-4-2-6-17(19)24/h1-10,13H,11-12H2,(H3,22,23)(H,25,26)/p+1. The van der Waals surface area contributed by atoms with Crippen LogP contribution in [0.5, 0.6) is 5.75 Å². The topological polar surface area (TPSA) is 101 Å². The van der Waals surface area contributed by atoms with Gasteiger partial charge >= 0.3 is 5.97 Å². The second-order valence-corrected chi connectivity index (χ2v) is 8.64. The summed E-state index contributed by atoms with van der Waals surface area (Å²) in [6.07, 6.45) is 0. The van der Waals surface area contributed by atoms with E-state index in [4.69, 9.17) is 14.7 Å². The van der Waals surface area contributed by atoms with Crippen LogP contribution in [0.4, 0.5) is 11.4 Å². The van der Waals surface area contributed by atoms with Crippen LogP contribution in [0, 0.1) is 0 Å². The van der Waals surface area contributed by atoms with E-state index in [1.807, 2.05) is 24.3 Å². The van der Waals surface area contributed by atoms with Crippen LogP contribution >= 0.6 is 11.8 Å². The van der Waals surface area contributed by atoms with Gasteiger partial charge < -0.3 is 14.7 Å². The van der Waals surface area contributed by atoms with Crippen molar-refractivity contribution in [3.63, 3.8) is 0 Å². The predicted octanol–water partition coefficient (Wildman–Crippen LogP) is 2.86. The molecule has 0 radical (unpaired) electrons. The average Bonchev–Trinajstić information content (AvgIpc) is 2.73. The van der Waals surface area contributed by atoms with Crippen molar-refractivity contribution >= 4 is 40.0 Å². The van der Waals surface area contributed by atoms with E-state index in [0.717, 1.165) is 11.4 Å². The third kappa shape index (κ3) is 4.00. The fraction of sp³-hybridized carbons (Fsp3) is 0.0952. The Kier molecular flexibility index (Phi) is 5.57. The molecule has 1 aliphatic rings. The molecule has 6 nitrogen and oxygen atoms in total. The largest absolute Gasteiger partial charge is 0.492 e. The van der Waals surface area contributed by atoms with E-state index in [2.05, 4.69) is 29.2 Å². The second kappa shape index (κ2) is 8.28. The van der Waals surface area contributed by atoms with Crippen molar-refractivity contribution in [2.45, 2.75) is 14.7 Å². The van der Waals surface area contributed by atoms with Crippen LogP contribution in [-0.2, 0) is 10.9 Å². The summed E-state index contributed by atoms with van der Waals surface area (Å²) < 4.78 is 11.6. The van der Waals surface area contributed by atoms with Crippen LogP contribution in [0.25, 0.3) is 0 Å². The van der Waals surface area contributed by atoms with Gasteiger partial charge in [0.05, 0.1) is 28.4 Å². The molecule has 0 saturated heterocycles. The van der Waals surface area contributed by atoms with Crippen molar-refractivity contribution in [1.29, 1.82) is 0 Å². The number of aromatic carboxylic acids is 1. The monoisotopic (exact) mass is 426 g/mol. The first-order valence-corrected chi connectivity index (χ1v) is 11.1. The highest BCUT2D eigenvalue weighted by Crippen LogP contribution is 2.47. The van der Waals surface area contributed by atoms with Crippen LogP contribution in [0.3, 0.4) is 0 Å². The zero-order chi connectivity index (χ0) is 20.4. The van der Waals surface area contributed by atoms with Crippen LogP contribution in [0.1, 0.15) is 10.4 Å². The molecular formula is C21H20N3O3S2+. The van der Waals surface area contributed by atoms with Gasteiger partial charge in [0.1, 0.15) is 23.2 Å². The van der Waals surface area contributed by atoms with Crippen LogP contribution in [-0.4, -0.2) is 24.2 Å². The SMILES string of the molecule is NS(=[NH2+])c1ccc(OCCN2c3ccccc3Sc3ccccc32)cc1C(=O)O. The lowest BCUT2D eigenvalue weighted by atomic mass is 10.2. The van der Waals surface area contributed by atoms with Gasteiger partial charge in [0.25, 0.3) is 0 Å². The number of fused-ring (bicyclic) bond motifs is 2. The van der Waals surface area contributed by atoms with Crippen LogP contribution in [0.2, 0.25) is 0 Å². The number of nitrogens with zero attached hydrogens (tertiary/aromatic N) is 1. The van der Waals surface area contributed by atoms with Crippen molar-refractivity contribution < 1.29 is 19.4 Å². The van der Waals surface area contributed by atoms with E-state index in [9.17, 15) is 9.90 Å². The molecule has 3 aromatic rings. The van der Waals surface area contributed by atoms with Gasteiger partial charge in [-0.2, -0.15) is 0 Å². The van der Waals surface area contributed by atoms with Gasteiger partial charge in [-0.25, -0.2) is 14.7 Å². The molecule has 0 fully saturated rings. The maximum Gasteiger partial charge on any atom is 0.337 e. The van der Waals surface area contributed by atoms with Crippen molar-refractivity contribution in [3.8, 4) is 5.75 Å². The maximum atomic E-state index is 11.5. The Morgan fingerprint density at radius 2 is 1.69 bits per heavy atom. The summed E-state index contributed by atoms with van der Waals surface area (Å²) >= 11 is 1.75. The summed E-state index contributed by atoms with van der Waals surface area (Å²) in [6, 6.07) is 21.3. The Morgan fingerprint density at radius 3 is 2.28 bits per heavy atom. The molecule has 1 aliphatic heterocycles. The highest BCUT2D eigenvalue weighted by atomic mass is 32.2. The smallest absolute Gasteiger partial charge is 0.337 e. The van der Waals surface area contributed by atoms with Gasteiger partial charge in [0.15, 0.2) is 0 Å². The molecule has 29 heavy (non-hydrogen) atoms. The molecule has 0 saturated carbocycles. The lowest BCUT2D eigenvalue weighted by molar-refractivity contribution is -0.0759. The number of carboxylic acids is 1. The van der Waals surface area contributed by atoms with Crippen LogP contribution < -0.4 is 19.6 Å². The Hall–Kier alpha value is -2.81. The highest BCUT2D eigenvalue weighted by molar-refractivity contribution is 7.99. The molecule has 0 amide bonds. The quantitative estimate of drug-likeness (QED) is 0.560. The zero-order valence-electron chi connectivity index (χ0n) is 15.4. The fourth-order valence-corrected chi connectivity index (χ4v) is 4.97. The van der Waals surface area contributed by atoms with Crippen molar-refractivity contribution in [1.82, 2.24) is 0 Å². The molecule has 0 aromatic heterocycles. The number of para-hydroxylation sites is 2. The first-order valence-electron chi connectivity index (χ1n) is 8.91. The van der Waals surface area contributed by atoms with E-state index in [1.54, 1.807) is 23.9 Å². The van der Waals surface area contributed by atoms with Gasteiger partial charge in [-0.15, -0.1) is 0 Å². The fourth-order valence-electron chi connectivity index (χ4n) is 3.25. The number of anilines is 2. The van der Waals surface area contributed by atoms with Gasteiger partial charge in [-0.1, -0.05) is 36.0 Å². The third-order valence-electron chi connectivity index (χ3n) is 4.55. The molecule has 4 rings (SSSR count). The summed E-state index contributed by atoms with van der Waals surface area (Å²) in [5, 5.41) is 15.1. The van der Waals surface area contributed by atoms with E-state index in [1.165, 1.54) is 15.9 Å². The zero-order valence-corrected chi connectivity index (χ0v) is 17.1. The Labute approximate surface area is 175 Å². The molecule has 1 unspecified atom stereocenters. The molecule has 148 valence electrons. The van der Waals surface area contributed by atoms with E-state index in [-0.39, 0.29) is 5.56 Å². The number of hydrogen-bond donors (Lipinski definition) is 3. The molecule has 1 atom stereocenters. The number of carbonyl (C=O) groups is 1. The molecule has 1 heterocycles. The highest BCUT2D eigenvalue weighted by Gasteiger charge is 2.22. The molecule has 0 aliphatic carbocycles. The number of nitrogens with two attached hydrogens (primary N) is 2. The summed E-state index contributed by atoms with van der Waals surface area (Å²) in [5.41, 5.74) is 2.34. The summed E-state index contributed by atoms with van der Waals surface area (Å²) in [4.78, 5) is 16.5. The minimum absolute atomic E-state index is 0.0703. The number of carboxylic acid groups (broad SMARTS) is 1. The van der Waals surface area contributed by atoms with E-state index >= 15 is 0 Å². The van der Waals surface area contributed by atoms with Gasteiger partial charge in [-0.05, 0) is 42.5 Å². The van der Waals surface area contributed by atoms with Crippen molar-refractivity contribution in [2.24, 2.45) is 5.14 Å². The molecular weight excluding hydrogens is 406 g/mol. The maximum absolute atomic E-state index is 11.5. The summed E-state index contributed by atoms with van der Waals surface area (Å²) in [5.74, 6) is -0.598. The second-order valence-electron chi connectivity index (χ2n) is 6.37. The van der Waals surface area contributed by atoms with E-state index < -0.39 is 16.8 Å². The lowest BCUT2D eigenvalue weighted by Gasteiger charge is -2.32. The number of rotatable bonds is 6. The van der Waals surface area contributed by atoms with Gasteiger partial charge in [0, 0.05) is 9.79 Å². The van der Waals surface area contributed by atoms with Gasteiger partial charge in [0.2, 0.25) is 0 Å². The lowest BCUT2D eigenvalue weighted by Crippen LogP contribution is -2.39. The third-order valence-corrected chi connectivity index (χ3v) is 6.55. The van der Waals surface area contributed by atoms with Gasteiger partial charge in [-0.3, -0.25) is 0 Å². The van der Waals surface area contributed by atoms with Crippen LogP contribution in [0.15, 0.2) is 81.4 Å². The van der Waals surface area contributed by atoms with Crippen molar-refractivity contribution in [3.05, 3.63) is 72.3 Å². The first-order chi connectivity index (χ1) is 14.0. The molecule has 5 N–H and O–H groups in total. The molecule has 0 bridgehead atoms. The minimum atomic E-state index is -1.13. The van der Waals surface area contributed by atoms with Crippen molar-refractivity contribution in [2.75, 3.05) is 18.1 Å². The normalized spacial score (nSPS) is 13.3. The Balaban J connectivity index is 1.54. The molecule has 8 heteroatoms. The average molecular weight is 427 g/mol. The van der Waals surface area contributed by atoms with E-state index in [0.29, 0.717) is 23.8 Å². The number of ether oxygens (including phenoxy) is 1. The first kappa shape index (κ1) is 19.5.